The molecule has 0 saturated carbocycles. The van der Waals surface area contributed by atoms with Gasteiger partial charge < -0.3 is 15.7 Å². The van der Waals surface area contributed by atoms with Crippen molar-refractivity contribution in [2.24, 2.45) is 5.41 Å². The summed E-state index contributed by atoms with van der Waals surface area (Å²) in [5, 5.41) is 16.0. The van der Waals surface area contributed by atoms with E-state index < -0.39 is 0 Å². The number of rotatable bonds is 4. The summed E-state index contributed by atoms with van der Waals surface area (Å²) in [4.78, 5) is 11.9. The quantitative estimate of drug-likeness (QED) is 0.769. The molecule has 1 aromatic carbocycles. The van der Waals surface area contributed by atoms with Gasteiger partial charge in [-0.3, -0.25) is 4.79 Å². The Kier molecular flexibility index (Phi) is 4.43. The Morgan fingerprint density at radius 2 is 2.26 bits per heavy atom. The first-order valence-electron chi connectivity index (χ1n) is 6.83. The van der Waals surface area contributed by atoms with Crippen molar-refractivity contribution < 1.29 is 9.90 Å². The number of carbonyl (C=O) groups excluding carboxylic acids is 1. The third kappa shape index (κ3) is 3.96. The van der Waals surface area contributed by atoms with Gasteiger partial charge in [0, 0.05) is 18.7 Å². The first-order chi connectivity index (χ1) is 9.09. The normalized spacial score (nSPS) is 23.0. The molecule has 1 aliphatic heterocycles. The van der Waals surface area contributed by atoms with E-state index in [0.717, 1.165) is 25.9 Å². The molecule has 1 unspecified atom stereocenters. The first kappa shape index (κ1) is 13.9. The van der Waals surface area contributed by atoms with E-state index in [1.165, 1.54) is 0 Å². The minimum atomic E-state index is -0.0340. The molecule has 0 spiro atoms. The lowest BCUT2D eigenvalue weighted by Crippen LogP contribution is -2.45. The number of carbonyl (C=O) groups is 1. The van der Waals surface area contributed by atoms with Crippen molar-refractivity contribution in [2.75, 3.05) is 19.6 Å². The molecule has 0 aliphatic carbocycles. The lowest BCUT2D eigenvalue weighted by Gasteiger charge is -2.34. The third-order valence-corrected chi connectivity index (χ3v) is 3.74. The molecular formula is C15H22N2O2. The first-order valence-corrected chi connectivity index (χ1v) is 6.83. The van der Waals surface area contributed by atoms with Crippen LogP contribution in [0.1, 0.15) is 25.3 Å². The van der Waals surface area contributed by atoms with E-state index in [1.54, 1.807) is 18.2 Å². The van der Waals surface area contributed by atoms with Crippen LogP contribution in [-0.4, -0.2) is 30.6 Å². The molecule has 1 aromatic rings. The fraction of sp³-hybridized carbons (Fsp3) is 0.533. The molecule has 1 heterocycles. The van der Waals surface area contributed by atoms with Gasteiger partial charge in [0.2, 0.25) is 5.91 Å². The van der Waals surface area contributed by atoms with Crippen molar-refractivity contribution in [3.8, 4) is 5.75 Å². The van der Waals surface area contributed by atoms with Crippen LogP contribution in [0.25, 0.3) is 0 Å². The van der Waals surface area contributed by atoms with E-state index in [0.29, 0.717) is 12.1 Å². The number of phenolic OH excluding ortho intramolecular Hbond substituents is 1. The van der Waals surface area contributed by atoms with Crippen molar-refractivity contribution in [3.63, 3.8) is 0 Å². The van der Waals surface area contributed by atoms with Crippen molar-refractivity contribution in [1.29, 1.82) is 0 Å². The van der Waals surface area contributed by atoms with Gasteiger partial charge in [-0.05, 0) is 30.9 Å². The van der Waals surface area contributed by atoms with Gasteiger partial charge in [0.25, 0.3) is 0 Å². The number of para-hydroxylation sites is 1. The van der Waals surface area contributed by atoms with Crippen molar-refractivity contribution >= 4 is 5.91 Å². The average Bonchev–Trinajstić information content (AvgIpc) is 2.40. The Morgan fingerprint density at radius 1 is 1.47 bits per heavy atom. The molecule has 1 saturated heterocycles. The molecule has 0 radical (unpaired) electrons. The Hall–Kier alpha value is -1.55. The number of aromatic hydroxyl groups is 1. The Bertz CT molecular complexity index is 440. The summed E-state index contributed by atoms with van der Waals surface area (Å²) in [6.07, 6.45) is 2.53. The van der Waals surface area contributed by atoms with Gasteiger partial charge in [0.1, 0.15) is 5.75 Å². The molecule has 3 N–H and O–H groups in total. The van der Waals surface area contributed by atoms with Crippen LogP contribution in [0, 0.1) is 5.41 Å². The average molecular weight is 262 g/mol. The van der Waals surface area contributed by atoms with E-state index in [4.69, 9.17) is 0 Å². The highest BCUT2D eigenvalue weighted by Gasteiger charge is 2.27. The van der Waals surface area contributed by atoms with Crippen LogP contribution in [-0.2, 0) is 11.2 Å². The summed E-state index contributed by atoms with van der Waals surface area (Å²) < 4.78 is 0. The van der Waals surface area contributed by atoms with Gasteiger partial charge in [-0.25, -0.2) is 0 Å². The number of hydrogen-bond donors (Lipinski definition) is 3. The summed E-state index contributed by atoms with van der Waals surface area (Å²) in [5.41, 5.74) is 0.819. The van der Waals surface area contributed by atoms with Gasteiger partial charge in [0.15, 0.2) is 0 Å². The number of nitrogens with one attached hydrogen (secondary N) is 2. The van der Waals surface area contributed by atoms with Crippen LogP contribution in [0.5, 0.6) is 5.75 Å². The van der Waals surface area contributed by atoms with Gasteiger partial charge in [-0.15, -0.1) is 0 Å². The summed E-state index contributed by atoms with van der Waals surface area (Å²) in [6, 6.07) is 6.97. The fourth-order valence-corrected chi connectivity index (χ4v) is 2.48. The minimum absolute atomic E-state index is 0.0340. The summed E-state index contributed by atoms with van der Waals surface area (Å²) in [6.45, 7) is 4.90. The highest BCUT2D eigenvalue weighted by atomic mass is 16.3. The van der Waals surface area contributed by atoms with Crippen LogP contribution in [0.3, 0.4) is 0 Å². The molecule has 1 amide bonds. The van der Waals surface area contributed by atoms with Crippen molar-refractivity contribution in [1.82, 2.24) is 10.6 Å². The van der Waals surface area contributed by atoms with Crippen LogP contribution >= 0.6 is 0 Å². The maximum absolute atomic E-state index is 11.9. The highest BCUT2D eigenvalue weighted by Crippen LogP contribution is 2.24. The SMILES string of the molecule is CC1(CNC(=O)Cc2ccccc2O)CCCNC1. The molecule has 1 atom stereocenters. The molecule has 104 valence electrons. The van der Waals surface area contributed by atoms with Gasteiger partial charge in [-0.2, -0.15) is 0 Å². The smallest absolute Gasteiger partial charge is 0.224 e. The third-order valence-electron chi connectivity index (χ3n) is 3.74. The molecule has 4 heteroatoms. The van der Waals surface area contributed by atoms with Crippen LogP contribution < -0.4 is 10.6 Å². The van der Waals surface area contributed by atoms with E-state index in [9.17, 15) is 9.90 Å². The number of benzene rings is 1. The molecule has 1 aliphatic rings. The summed E-state index contributed by atoms with van der Waals surface area (Å²) in [5.74, 6) is 0.150. The Balaban J connectivity index is 1.83. The molecule has 0 bridgehead atoms. The number of piperidine rings is 1. The number of amides is 1. The molecular weight excluding hydrogens is 240 g/mol. The summed E-state index contributed by atoms with van der Waals surface area (Å²) >= 11 is 0. The second kappa shape index (κ2) is 6.06. The zero-order chi connectivity index (χ0) is 13.7. The molecule has 1 fully saturated rings. The van der Waals surface area contributed by atoms with E-state index >= 15 is 0 Å². The van der Waals surface area contributed by atoms with Crippen LogP contribution in [0.15, 0.2) is 24.3 Å². The Morgan fingerprint density at radius 3 is 2.95 bits per heavy atom. The minimum Gasteiger partial charge on any atom is -0.508 e. The van der Waals surface area contributed by atoms with E-state index in [2.05, 4.69) is 17.6 Å². The Labute approximate surface area is 114 Å². The monoisotopic (exact) mass is 262 g/mol. The lowest BCUT2D eigenvalue weighted by molar-refractivity contribution is -0.121. The zero-order valence-electron chi connectivity index (χ0n) is 11.4. The fourth-order valence-electron chi connectivity index (χ4n) is 2.48. The van der Waals surface area contributed by atoms with Gasteiger partial charge >= 0.3 is 0 Å². The van der Waals surface area contributed by atoms with Crippen molar-refractivity contribution in [2.45, 2.75) is 26.2 Å². The predicted molar refractivity (Wildman–Crippen MR) is 75.0 cm³/mol. The summed E-state index contributed by atoms with van der Waals surface area (Å²) in [7, 11) is 0. The predicted octanol–water partition coefficient (Wildman–Crippen LogP) is 1.44. The highest BCUT2D eigenvalue weighted by molar-refractivity contribution is 5.79. The van der Waals surface area contributed by atoms with Gasteiger partial charge in [-0.1, -0.05) is 25.1 Å². The molecule has 4 nitrogen and oxygen atoms in total. The second-order valence-electron chi connectivity index (χ2n) is 5.67. The molecule has 2 rings (SSSR count). The largest absolute Gasteiger partial charge is 0.508 e. The van der Waals surface area contributed by atoms with Crippen LogP contribution in [0.2, 0.25) is 0 Å². The zero-order valence-corrected chi connectivity index (χ0v) is 11.4. The molecule has 0 aromatic heterocycles. The molecule has 19 heavy (non-hydrogen) atoms. The number of phenols is 1. The topological polar surface area (TPSA) is 61.4 Å². The maximum Gasteiger partial charge on any atom is 0.224 e. The van der Waals surface area contributed by atoms with Crippen molar-refractivity contribution in [3.05, 3.63) is 29.8 Å². The maximum atomic E-state index is 11.9. The van der Waals surface area contributed by atoms with Crippen LogP contribution in [0.4, 0.5) is 0 Å². The number of hydrogen-bond acceptors (Lipinski definition) is 3. The standard InChI is InChI=1S/C15H22N2O2/c1-15(7-4-8-16-10-15)11-17-14(19)9-12-5-2-3-6-13(12)18/h2-3,5-6,16,18H,4,7-11H2,1H3,(H,17,19). The van der Waals surface area contributed by atoms with Gasteiger partial charge in [0.05, 0.1) is 6.42 Å². The van der Waals surface area contributed by atoms with E-state index in [-0.39, 0.29) is 23.5 Å². The second-order valence-corrected chi connectivity index (χ2v) is 5.67. The van der Waals surface area contributed by atoms with E-state index in [1.807, 2.05) is 6.07 Å². The lowest BCUT2D eigenvalue weighted by atomic mass is 9.83.